The average molecular weight is 664 g/mol. The summed E-state index contributed by atoms with van der Waals surface area (Å²) in [6, 6.07) is 54.7. The van der Waals surface area contributed by atoms with Crippen LogP contribution in [0.15, 0.2) is 173 Å². The topological polar surface area (TPSA) is 46.3 Å². The number of fused-ring (bicyclic) bond motifs is 4. The van der Waals surface area contributed by atoms with E-state index in [2.05, 4.69) is 133 Å². The van der Waals surface area contributed by atoms with Crippen molar-refractivity contribution in [2.75, 3.05) is 7.11 Å². The first-order valence-corrected chi connectivity index (χ1v) is 17.3. The lowest BCUT2D eigenvalue weighted by molar-refractivity contribution is 0.416. The van der Waals surface area contributed by atoms with Gasteiger partial charge in [-0.15, -0.1) is 11.3 Å². The van der Waals surface area contributed by atoms with Crippen molar-refractivity contribution in [3.63, 3.8) is 0 Å². The van der Waals surface area contributed by atoms with Gasteiger partial charge in [-0.05, 0) is 64.0 Å². The van der Waals surface area contributed by atoms with Crippen LogP contribution in [0.5, 0.6) is 5.75 Å². The molecule has 240 valence electrons. The molecule has 0 unspecified atom stereocenters. The number of nitrogens with zero attached hydrogens (tertiary/aromatic N) is 3. The smallest absolute Gasteiger partial charge is 0.161 e. The Hall–Kier alpha value is -6.17. The number of hydrogen-bond donors (Lipinski definition) is 0. The molecule has 0 saturated carbocycles. The number of ether oxygens (including phenoxy) is 1. The minimum atomic E-state index is 0.473. The highest BCUT2D eigenvalue weighted by Gasteiger charge is 2.19. The van der Waals surface area contributed by atoms with Crippen molar-refractivity contribution in [2.45, 2.75) is 6.54 Å². The van der Waals surface area contributed by atoms with E-state index in [0.717, 1.165) is 44.5 Å². The van der Waals surface area contributed by atoms with Gasteiger partial charge in [0, 0.05) is 36.9 Å². The Morgan fingerprint density at radius 1 is 0.600 bits per heavy atom. The molecule has 7 aromatic carbocycles. The predicted octanol–water partition coefficient (Wildman–Crippen LogP) is 11.6. The SMILES string of the molecule is C=NC(=NC(=NCc1ccccc1)c1cccc2sc3ccccc3c12)c1cccc(OC)c1-c1ccc(-c2ccc3ccccc3c2)cc1. The summed E-state index contributed by atoms with van der Waals surface area (Å²) in [5, 5.41) is 4.77. The summed E-state index contributed by atoms with van der Waals surface area (Å²) >= 11 is 1.78. The summed E-state index contributed by atoms with van der Waals surface area (Å²) in [7, 11) is 1.69. The molecule has 0 atom stereocenters. The van der Waals surface area contributed by atoms with Crippen molar-refractivity contribution in [3.8, 4) is 28.0 Å². The fourth-order valence-corrected chi connectivity index (χ4v) is 7.69. The van der Waals surface area contributed by atoms with Crippen LogP contribution in [-0.2, 0) is 6.54 Å². The molecular weight excluding hydrogens is 631 g/mol. The third-order valence-corrected chi connectivity index (χ3v) is 10.1. The first-order chi connectivity index (χ1) is 24.7. The van der Waals surface area contributed by atoms with Gasteiger partial charge < -0.3 is 4.74 Å². The van der Waals surface area contributed by atoms with Gasteiger partial charge in [0.25, 0.3) is 0 Å². The van der Waals surface area contributed by atoms with Crippen LogP contribution < -0.4 is 4.74 Å². The van der Waals surface area contributed by atoms with Crippen molar-refractivity contribution < 1.29 is 4.74 Å². The van der Waals surface area contributed by atoms with Crippen molar-refractivity contribution in [1.82, 2.24) is 0 Å². The molecule has 0 aliphatic rings. The van der Waals surface area contributed by atoms with E-state index < -0.39 is 0 Å². The Labute approximate surface area is 295 Å². The molecule has 0 radical (unpaired) electrons. The number of rotatable bonds is 7. The lowest BCUT2D eigenvalue weighted by Gasteiger charge is -2.15. The van der Waals surface area contributed by atoms with E-state index in [9.17, 15) is 0 Å². The standard InChI is InChI=1S/C45H33N3OS/c1-46-44(48-45(47-29-30-12-4-3-5-13-30)38-18-11-21-41-43(38)36-16-8-9-20-40(36)50-41)37-17-10-19-39(49-2)42(37)33-25-22-32(23-26-33)35-27-24-31-14-6-7-15-34(31)28-35/h3-28H,1,29H2,2H3. The van der Waals surface area contributed by atoms with Crippen molar-refractivity contribution >= 4 is 60.7 Å². The molecule has 0 amide bonds. The monoisotopic (exact) mass is 663 g/mol. The highest BCUT2D eigenvalue weighted by Crippen LogP contribution is 2.38. The van der Waals surface area contributed by atoms with Gasteiger partial charge in [0.05, 0.1) is 13.7 Å². The van der Waals surface area contributed by atoms with Crippen LogP contribution in [0.3, 0.4) is 0 Å². The molecular formula is C45H33N3OS. The molecule has 8 rings (SSSR count). The first kappa shape index (κ1) is 31.1. The molecule has 1 aromatic heterocycles. The molecule has 0 spiro atoms. The predicted molar refractivity (Wildman–Crippen MR) is 213 cm³/mol. The number of amidine groups is 2. The summed E-state index contributed by atoms with van der Waals surface area (Å²) in [5.74, 6) is 1.80. The zero-order valence-corrected chi connectivity index (χ0v) is 28.4. The van der Waals surface area contributed by atoms with Crippen LogP contribution in [-0.4, -0.2) is 25.5 Å². The van der Waals surface area contributed by atoms with Crippen molar-refractivity contribution in [3.05, 3.63) is 174 Å². The van der Waals surface area contributed by atoms with Gasteiger partial charge in [-0.25, -0.2) is 9.98 Å². The Morgan fingerprint density at radius 2 is 1.28 bits per heavy atom. The van der Waals surface area contributed by atoms with E-state index in [1.54, 1.807) is 18.4 Å². The molecule has 0 aliphatic heterocycles. The van der Waals surface area contributed by atoms with E-state index in [1.165, 1.54) is 31.1 Å². The number of aliphatic imine (C=N–C) groups is 3. The van der Waals surface area contributed by atoms with Gasteiger partial charge in [-0.2, -0.15) is 0 Å². The lowest BCUT2D eigenvalue weighted by Crippen LogP contribution is -2.08. The molecule has 0 bridgehead atoms. The second-order valence-corrected chi connectivity index (χ2v) is 13.1. The summed E-state index contributed by atoms with van der Waals surface area (Å²) in [5.41, 5.74) is 7.07. The highest BCUT2D eigenvalue weighted by molar-refractivity contribution is 7.25. The molecule has 1 heterocycles. The second-order valence-electron chi connectivity index (χ2n) is 12.0. The van der Waals surface area contributed by atoms with Gasteiger partial charge in [0.1, 0.15) is 5.75 Å². The van der Waals surface area contributed by atoms with Crippen LogP contribution in [0.2, 0.25) is 0 Å². The fraction of sp³-hybridized carbons (Fsp3) is 0.0444. The van der Waals surface area contributed by atoms with Gasteiger partial charge in [-0.3, -0.25) is 4.99 Å². The minimum absolute atomic E-state index is 0.473. The van der Waals surface area contributed by atoms with Crippen molar-refractivity contribution in [1.29, 1.82) is 0 Å². The summed E-state index contributed by atoms with van der Waals surface area (Å²) in [4.78, 5) is 14.9. The first-order valence-electron chi connectivity index (χ1n) is 16.5. The van der Waals surface area contributed by atoms with Crippen LogP contribution in [0.1, 0.15) is 16.7 Å². The van der Waals surface area contributed by atoms with E-state index in [-0.39, 0.29) is 0 Å². The number of benzene rings is 7. The summed E-state index contributed by atoms with van der Waals surface area (Å²) < 4.78 is 8.36. The van der Waals surface area contributed by atoms with E-state index in [0.29, 0.717) is 18.2 Å². The zero-order valence-electron chi connectivity index (χ0n) is 27.6. The third-order valence-electron chi connectivity index (χ3n) is 9.00. The Balaban J connectivity index is 1.26. The maximum Gasteiger partial charge on any atom is 0.161 e. The van der Waals surface area contributed by atoms with E-state index in [1.807, 2.05) is 36.4 Å². The largest absolute Gasteiger partial charge is 0.496 e. The number of methoxy groups -OCH3 is 1. The van der Waals surface area contributed by atoms with Gasteiger partial charge in [0.15, 0.2) is 11.7 Å². The molecule has 4 nitrogen and oxygen atoms in total. The van der Waals surface area contributed by atoms with E-state index in [4.69, 9.17) is 14.7 Å². The number of thiophene rings is 1. The van der Waals surface area contributed by atoms with E-state index >= 15 is 0 Å². The molecule has 8 aromatic rings. The van der Waals surface area contributed by atoms with Gasteiger partial charge in [-0.1, -0.05) is 133 Å². The molecule has 50 heavy (non-hydrogen) atoms. The Kier molecular flexibility index (Phi) is 8.56. The fourth-order valence-electron chi connectivity index (χ4n) is 6.56. The molecule has 0 aliphatic carbocycles. The molecule has 0 fully saturated rings. The maximum absolute atomic E-state index is 5.94. The highest BCUT2D eigenvalue weighted by atomic mass is 32.1. The van der Waals surface area contributed by atoms with Crippen molar-refractivity contribution in [2.24, 2.45) is 15.0 Å². The quantitative estimate of drug-likeness (QED) is 0.124. The molecule has 5 heteroatoms. The molecule has 0 saturated heterocycles. The second kappa shape index (κ2) is 13.7. The normalized spacial score (nSPS) is 12.1. The minimum Gasteiger partial charge on any atom is -0.496 e. The number of hydrogen-bond acceptors (Lipinski definition) is 3. The van der Waals surface area contributed by atoms with Crippen LogP contribution in [0.4, 0.5) is 0 Å². The van der Waals surface area contributed by atoms with Crippen LogP contribution in [0.25, 0.3) is 53.2 Å². The van der Waals surface area contributed by atoms with Crippen LogP contribution in [0, 0.1) is 0 Å². The Morgan fingerprint density at radius 3 is 2.10 bits per heavy atom. The third kappa shape index (κ3) is 6.00. The summed E-state index contributed by atoms with van der Waals surface area (Å²) in [6.45, 7) is 4.47. The summed E-state index contributed by atoms with van der Waals surface area (Å²) in [6.07, 6.45) is 0. The zero-order chi connectivity index (χ0) is 33.9. The van der Waals surface area contributed by atoms with Gasteiger partial charge in [0.2, 0.25) is 0 Å². The maximum atomic E-state index is 5.94. The van der Waals surface area contributed by atoms with Gasteiger partial charge >= 0.3 is 0 Å². The van der Waals surface area contributed by atoms with Crippen LogP contribution >= 0.6 is 11.3 Å². The lowest BCUT2D eigenvalue weighted by atomic mass is 9.95. The molecule has 0 N–H and O–H groups in total. The average Bonchev–Trinajstić information content (AvgIpc) is 3.57. The Bertz CT molecular complexity index is 2570.